The number of aliphatic hydroxyl groups excluding tert-OH is 1. The lowest BCUT2D eigenvalue weighted by Gasteiger charge is -2.25. The highest BCUT2D eigenvalue weighted by atomic mass is 16.4. The summed E-state index contributed by atoms with van der Waals surface area (Å²) in [5, 5.41) is 17.8. The van der Waals surface area contributed by atoms with Crippen molar-refractivity contribution in [3.8, 4) is 0 Å². The van der Waals surface area contributed by atoms with Gasteiger partial charge in [-0.15, -0.1) is 0 Å². The summed E-state index contributed by atoms with van der Waals surface area (Å²) in [5.41, 5.74) is 0. The average Bonchev–Trinajstić information content (AvgIpc) is 1.93. The van der Waals surface area contributed by atoms with Gasteiger partial charge in [0.25, 0.3) is 0 Å². The second-order valence-electron chi connectivity index (χ2n) is 3.21. The van der Waals surface area contributed by atoms with Crippen LogP contribution in [0.2, 0.25) is 0 Å². The van der Waals surface area contributed by atoms with E-state index in [0.717, 1.165) is 25.7 Å². The molecule has 1 aliphatic rings. The number of rotatable bonds is 2. The molecule has 0 bridgehead atoms. The van der Waals surface area contributed by atoms with Gasteiger partial charge in [0.05, 0.1) is 12.5 Å². The Balaban J connectivity index is 2.35. The molecule has 2 atom stereocenters. The van der Waals surface area contributed by atoms with E-state index < -0.39 is 5.97 Å². The zero-order valence-electron chi connectivity index (χ0n) is 6.49. The van der Waals surface area contributed by atoms with E-state index in [0.29, 0.717) is 0 Å². The van der Waals surface area contributed by atoms with Gasteiger partial charge in [-0.1, -0.05) is 12.8 Å². The maximum atomic E-state index is 10.3. The molecule has 2 unspecified atom stereocenters. The molecule has 0 aromatic carbocycles. The van der Waals surface area contributed by atoms with Crippen LogP contribution in [-0.2, 0) is 4.79 Å². The lowest BCUT2D eigenvalue weighted by atomic mass is 9.84. The van der Waals surface area contributed by atoms with Crippen LogP contribution in [-0.4, -0.2) is 22.3 Å². The van der Waals surface area contributed by atoms with E-state index in [4.69, 9.17) is 5.11 Å². The van der Waals surface area contributed by atoms with E-state index in [2.05, 4.69) is 0 Å². The molecule has 1 aliphatic carbocycles. The van der Waals surface area contributed by atoms with Gasteiger partial charge in [-0.3, -0.25) is 4.79 Å². The van der Waals surface area contributed by atoms with Gasteiger partial charge in [0, 0.05) is 0 Å². The fraction of sp³-hybridized carbons (Fsp3) is 0.875. The van der Waals surface area contributed by atoms with Crippen LogP contribution in [0, 0.1) is 5.92 Å². The monoisotopic (exact) mass is 158 g/mol. The smallest absolute Gasteiger partial charge is 0.303 e. The number of hydrogen-bond acceptors (Lipinski definition) is 2. The minimum absolute atomic E-state index is 0.00116. The van der Waals surface area contributed by atoms with Crippen molar-refractivity contribution in [3.63, 3.8) is 0 Å². The molecule has 64 valence electrons. The Morgan fingerprint density at radius 2 is 2.00 bits per heavy atom. The minimum atomic E-state index is -0.795. The normalized spacial score (nSPS) is 31.7. The van der Waals surface area contributed by atoms with Gasteiger partial charge >= 0.3 is 5.97 Å². The Kier molecular flexibility index (Phi) is 2.88. The van der Waals surface area contributed by atoms with Crippen LogP contribution in [0.3, 0.4) is 0 Å². The van der Waals surface area contributed by atoms with Crippen LogP contribution < -0.4 is 0 Å². The molecule has 0 aromatic heterocycles. The van der Waals surface area contributed by atoms with E-state index in [9.17, 15) is 9.90 Å². The number of aliphatic carboxylic acids is 1. The second kappa shape index (κ2) is 3.72. The van der Waals surface area contributed by atoms with Crippen LogP contribution in [0.5, 0.6) is 0 Å². The number of aliphatic hydroxyl groups is 1. The SMILES string of the molecule is O=C(O)CC1CCCCC1O. The second-order valence-corrected chi connectivity index (χ2v) is 3.21. The standard InChI is InChI=1S/C8H14O3/c9-7-4-2-1-3-6(7)5-8(10)11/h6-7,9H,1-5H2,(H,10,11). The highest BCUT2D eigenvalue weighted by molar-refractivity contribution is 5.67. The third-order valence-corrected chi connectivity index (χ3v) is 2.31. The van der Waals surface area contributed by atoms with Gasteiger partial charge in [0.2, 0.25) is 0 Å². The number of carboxylic acids is 1. The molecule has 0 heterocycles. The van der Waals surface area contributed by atoms with Gasteiger partial charge in [-0.25, -0.2) is 0 Å². The zero-order valence-corrected chi connectivity index (χ0v) is 6.49. The lowest BCUT2D eigenvalue weighted by molar-refractivity contribution is -0.139. The van der Waals surface area contributed by atoms with E-state index in [1.165, 1.54) is 0 Å². The van der Waals surface area contributed by atoms with Gasteiger partial charge in [0.15, 0.2) is 0 Å². The van der Waals surface area contributed by atoms with Crippen LogP contribution >= 0.6 is 0 Å². The van der Waals surface area contributed by atoms with Crippen molar-refractivity contribution >= 4 is 5.97 Å². The van der Waals surface area contributed by atoms with Gasteiger partial charge < -0.3 is 10.2 Å². The summed E-state index contributed by atoms with van der Waals surface area (Å²) >= 11 is 0. The van der Waals surface area contributed by atoms with Crippen molar-refractivity contribution in [2.75, 3.05) is 0 Å². The van der Waals surface area contributed by atoms with Crippen molar-refractivity contribution in [2.24, 2.45) is 5.92 Å². The fourth-order valence-electron chi connectivity index (χ4n) is 1.65. The van der Waals surface area contributed by atoms with Crippen molar-refractivity contribution < 1.29 is 15.0 Å². The van der Waals surface area contributed by atoms with E-state index >= 15 is 0 Å². The predicted octanol–water partition coefficient (Wildman–Crippen LogP) is 1.01. The van der Waals surface area contributed by atoms with Crippen molar-refractivity contribution in [1.82, 2.24) is 0 Å². The zero-order chi connectivity index (χ0) is 8.27. The molecule has 1 fully saturated rings. The first-order valence-corrected chi connectivity index (χ1v) is 4.10. The molecule has 3 heteroatoms. The number of carboxylic acid groups (broad SMARTS) is 1. The Labute approximate surface area is 66.0 Å². The largest absolute Gasteiger partial charge is 0.481 e. The number of carbonyl (C=O) groups is 1. The highest BCUT2D eigenvalue weighted by Crippen LogP contribution is 2.26. The summed E-state index contributed by atoms with van der Waals surface area (Å²) in [6.07, 6.45) is 3.50. The Morgan fingerprint density at radius 1 is 1.36 bits per heavy atom. The maximum Gasteiger partial charge on any atom is 0.303 e. The lowest BCUT2D eigenvalue weighted by Crippen LogP contribution is -2.26. The molecule has 3 nitrogen and oxygen atoms in total. The Hall–Kier alpha value is -0.570. The van der Waals surface area contributed by atoms with E-state index in [1.54, 1.807) is 0 Å². The van der Waals surface area contributed by atoms with Crippen molar-refractivity contribution in [3.05, 3.63) is 0 Å². The summed E-state index contributed by atoms with van der Waals surface area (Å²) in [6.45, 7) is 0. The molecule has 0 spiro atoms. The third kappa shape index (κ3) is 2.50. The number of hydrogen-bond donors (Lipinski definition) is 2. The molecule has 1 saturated carbocycles. The summed E-state index contributed by atoms with van der Waals surface area (Å²) in [6, 6.07) is 0. The Bertz CT molecular complexity index is 144. The van der Waals surface area contributed by atoms with Gasteiger partial charge in [0.1, 0.15) is 0 Å². The van der Waals surface area contributed by atoms with Crippen LogP contribution in [0.4, 0.5) is 0 Å². The summed E-state index contributed by atoms with van der Waals surface area (Å²) in [7, 11) is 0. The highest BCUT2D eigenvalue weighted by Gasteiger charge is 2.24. The molecule has 2 N–H and O–H groups in total. The first kappa shape index (κ1) is 8.53. The average molecular weight is 158 g/mol. The molecule has 1 rings (SSSR count). The molecular formula is C8H14O3. The van der Waals surface area contributed by atoms with Crippen LogP contribution in [0.25, 0.3) is 0 Å². The first-order chi connectivity index (χ1) is 5.20. The first-order valence-electron chi connectivity index (χ1n) is 4.10. The van der Waals surface area contributed by atoms with E-state index in [1.807, 2.05) is 0 Å². The quantitative estimate of drug-likeness (QED) is 0.630. The maximum absolute atomic E-state index is 10.3. The van der Waals surface area contributed by atoms with Gasteiger partial charge in [-0.2, -0.15) is 0 Å². The fourth-order valence-corrected chi connectivity index (χ4v) is 1.65. The molecule has 11 heavy (non-hydrogen) atoms. The Morgan fingerprint density at radius 3 is 2.55 bits per heavy atom. The summed E-state index contributed by atoms with van der Waals surface area (Å²) in [4.78, 5) is 10.3. The summed E-state index contributed by atoms with van der Waals surface area (Å²) in [5.74, 6) is -0.794. The summed E-state index contributed by atoms with van der Waals surface area (Å²) < 4.78 is 0. The molecule has 0 radical (unpaired) electrons. The van der Waals surface area contributed by atoms with E-state index in [-0.39, 0.29) is 18.4 Å². The molecule has 0 aliphatic heterocycles. The van der Waals surface area contributed by atoms with Crippen molar-refractivity contribution in [1.29, 1.82) is 0 Å². The molecular weight excluding hydrogens is 144 g/mol. The molecule has 0 saturated heterocycles. The molecule has 0 amide bonds. The van der Waals surface area contributed by atoms with Crippen LogP contribution in [0.15, 0.2) is 0 Å². The topological polar surface area (TPSA) is 57.5 Å². The predicted molar refractivity (Wildman–Crippen MR) is 40.2 cm³/mol. The van der Waals surface area contributed by atoms with Crippen molar-refractivity contribution in [2.45, 2.75) is 38.2 Å². The van der Waals surface area contributed by atoms with Gasteiger partial charge in [-0.05, 0) is 18.8 Å². The third-order valence-electron chi connectivity index (χ3n) is 2.31. The van der Waals surface area contributed by atoms with Crippen LogP contribution in [0.1, 0.15) is 32.1 Å². The minimum Gasteiger partial charge on any atom is -0.481 e. The molecule has 0 aromatic rings.